The molecule has 2 fully saturated rings. The normalized spacial score (nSPS) is 16.9. The zero-order valence-corrected chi connectivity index (χ0v) is 36.4. The number of nitrogens with zero attached hydrogens (tertiary/aromatic N) is 4. The van der Waals surface area contributed by atoms with E-state index in [0.29, 0.717) is 61.0 Å². The largest absolute Gasteiger partial charge is 0.481 e. The first-order valence-electron chi connectivity index (χ1n) is 21.0. The Balaban J connectivity index is 1.50. The molecule has 15 heteroatoms. The summed E-state index contributed by atoms with van der Waals surface area (Å²) >= 11 is 0.868. The van der Waals surface area contributed by atoms with Crippen molar-refractivity contribution < 1.29 is 39.2 Å². The number of benzene rings is 4. The molecule has 328 valence electrons. The van der Waals surface area contributed by atoms with Gasteiger partial charge in [0.2, 0.25) is 11.8 Å². The molecule has 2 heterocycles. The van der Waals surface area contributed by atoms with Crippen LogP contribution < -0.4 is 0 Å². The van der Waals surface area contributed by atoms with Crippen molar-refractivity contribution in [1.82, 2.24) is 9.80 Å². The summed E-state index contributed by atoms with van der Waals surface area (Å²) in [5.74, 6) is -4.31. The lowest BCUT2D eigenvalue weighted by Crippen LogP contribution is -2.41. The van der Waals surface area contributed by atoms with Gasteiger partial charge in [-0.2, -0.15) is 0 Å². The van der Waals surface area contributed by atoms with Crippen LogP contribution in [0.25, 0.3) is 34.4 Å². The van der Waals surface area contributed by atoms with Gasteiger partial charge in [0.15, 0.2) is 0 Å². The van der Waals surface area contributed by atoms with Gasteiger partial charge in [0.25, 0.3) is 11.4 Å². The van der Waals surface area contributed by atoms with Crippen LogP contribution in [0.2, 0.25) is 0 Å². The van der Waals surface area contributed by atoms with E-state index in [2.05, 4.69) is 0 Å². The van der Waals surface area contributed by atoms with E-state index in [-0.39, 0.29) is 57.2 Å². The monoisotopic (exact) mass is 874 g/mol. The second-order valence-corrected chi connectivity index (χ2v) is 17.5. The molecule has 2 N–H and O–H groups in total. The highest BCUT2D eigenvalue weighted by Crippen LogP contribution is 2.50. The third kappa shape index (κ3) is 10.4. The third-order valence-electron chi connectivity index (χ3n) is 11.6. The maximum Gasteiger partial charge on any atom is 0.308 e. The Labute approximate surface area is 369 Å². The van der Waals surface area contributed by atoms with Gasteiger partial charge < -0.3 is 20.0 Å². The van der Waals surface area contributed by atoms with Crippen molar-refractivity contribution in [3.05, 3.63) is 127 Å². The molecular weight excluding hydrogens is 825 g/mol. The number of amides is 2. The topological polar surface area (TPSA) is 202 Å². The van der Waals surface area contributed by atoms with Crippen LogP contribution in [0.15, 0.2) is 94.7 Å². The van der Waals surface area contributed by atoms with Crippen molar-refractivity contribution in [3.8, 4) is 22.3 Å². The van der Waals surface area contributed by atoms with Gasteiger partial charge >= 0.3 is 11.9 Å². The molecule has 2 amide bonds. The van der Waals surface area contributed by atoms with Crippen molar-refractivity contribution >= 4 is 59.0 Å². The van der Waals surface area contributed by atoms with Crippen LogP contribution in [-0.2, 0) is 19.2 Å². The minimum atomic E-state index is -0.976. The highest BCUT2D eigenvalue weighted by molar-refractivity contribution is 7.99. The SMILES string of the molecule is CC(C)c1ccccc1-c1c(C=CC(=O)N2CCCC(C(=O)O)C2)ccc(Sc2ccc(C=CC(=O)N3CCCC(C(=O)O)C3)c(-c3ccccc3C(C)C)c2[N+](=O)[O-])c1[N+](=O)[O-]. The van der Waals surface area contributed by atoms with Crippen molar-refractivity contribution in [2.45, 2.75) is 75.0 Å². The number of hydrogen-bond donors (Lipinski definition) is 2. The summed E-state index contributed by atoms with van der Waals surface area (Å²) in [6.45, 7) is 8.70. The summed E-state index contributed by atoms with van der Waals surface area (Å²) in [6.07, 6.45) is 7.57. The summed E-state index contributed by atoms with van der Waals surface area (Å²) in [5, 5.41) is 45.9. The molecule has 0 aromatic heterocycles. The summed E-state index contributed by atoms with van der Waals surface area (Å²) < 4.78 is 0. The van der Waals surface area contributed by atoms with E-state index in [9.17, 15) is 49.6 Å². The zero-order chi connectivity index (χ0) is 45.5. The number of likely N-dealkylation sites (tertiary alicyclic amines) is 2. The maximum absolute atomic E-state index is 13.4. The second-order valence-electron chi connectivity index (χ2n) is 16.4. The van der Waals surface area contributed by atoms with Crippen molar-refractivity contribution in [3.63, 3.8) is 0 Å². The first-order valence-corrected chi connectivity index (χ1v) is 21.8. The predicted octanol–water partition coefficient (Wildman–Crippen LogP) is 9.91. The zero-order valence-electron chi connectivity index (χ0n) is 35.6. The molecule has 0 aliphatic carbocycles. The van der Waals surface area contributed by atoms with E-state index in [1.165, 1.54) is 46.2 Å². The van der Waals surface area contributed by atoms with Crippen LogP contribution in [-0.4, -0.2) is 79.8 Å². The Kier molecular flexibility index (Phi) is 14.6. The van der Waals surface area contributed by atoms with Crippen molar-refractivity contribution in [2.75, 3.05) is 26.2 Å². The summed E-state index contributed by atoms with van der Waals surface area (Å²) in [5.41, 5.74) is 3.21. The molecule has 4 aromatic carbocycles. The van der Waals surface area contributed by atoms with Crippen LogP contribution in [0.1, 0.15) is 87.5 Å². The van der Waals surface area contributed by atoms with E-state index >= 15 is 0 Å². The van der Waals surface area contributed by atoms with Gasteiger partial charge in [-0.25, -0.2) is 0 Å². The summed E-state index contributed by atoms with van der Waals surface area (Å²) in [6, 6.07) is 20.8. The maximum atomic E-state index is 13.4. The number of rotatable bonds is 14. The molecule has 14 nitrogen and oxygen atoms in total. The van der Waals surface area contributed by atoms with Crippen molar-refractivity contribution in [1.29, 1.82) is 0 Å². The summed E-state index contributed by atoms with van der Waals surface area (Å²) in [7, 11) is 0. The number of piperidine rings is 2. The number of nitro benzene ring substituents is 2. The number of nitro groups is 2. The Morgan fingerprint density at radius 1 is 0.635 bits per heavy atom. The van der Waals surface area contributed by atoms with Gasteiger partial charge in [-0.3, -0.25) is 39.4 Å². The van der Waals surface area contributed by atoms with E-state index in [0.717, 1.165) is 22.9 Å². The van der Waals surface area contributed by atoms with E-state index < -0.39 is 45.4 Å². The number of carboxylic acids is 2. The molecule has 2 atom stereocenters. The van der Waals surface area contributed by atoms with Gasteiger partial charge in [0.05, 0.1) is 42.6 Å². The number of hydrogen-bond acceptors (Lipinski definition) is 9. The molecule has 2 unspecified atom stereocenters. The van der Waals surface area contributed by atoms with Gasteiger partial charge in [-0.05, 0) is 95.2 Å². The minimum absolute atomic E-state index is 0.0518. The van der Waals surface area contributed by atoms with Gasteiger partial charge in [-0.15, -0.1) is 0 Å². The number of carbonyl (C=O) groups is 4. The van der Waals surface area contributed by atoms with Crippen LogP contribution in [0.5, 0.6) is 0 Å². The standard InChI is InChI=1S/C48H50N4O10S/c1-29(2)35-13-5-7-15-37(35)43-31(19-23-41(53)49-25-9-11-33(27-49)47(55)56)17-21-39(45(43)51(59)60)63-40-22-18-32(20-24-42(54)50-26-10-12-34(28-50)48(57)58)44(46(40)52(61)62)38-16-8-6-14-36(38)30(3)4/h5-8,13-24,29-30,33-34H,9-12,25-28H2,1-4H3,(H,55,56)(H,57,58). The van der Waals surface area contributed by atoms with Gasteiger partial charge in [-0.1, -0.05) is 100 Å². The highest BCUT2D eigenvalue weighted by Gasteiger charge is 2.33. The molecule has 0 saturated carbocycles. The van der Waals surface area contributed by atoms with Crippen LogP contribution in [0.3, 0.4) is 0 Å². The molecule has 2 saturated heterocycles. The molecule has 2 aliphatic rings. The Bertz CT molecular complexity index is 2340. The molecule has 0 bridgehead atoms. The van der Waals surface area contributed by atoms with E-state index in [4.69, 9.17) is 0 Å². The molecule has 6 rings (SSSR count). The Hall–Kier alpha value is -6.61. The first kappa shape index (κ1) is 45.9. The lowest BCUT2D eigenvalue weighted by atomic mass is 9.89. The predicted molar refractivity (Wildman–Crippen MR) is 241 cm³/mol. The molecule has 0 radical (unpaired) electrons. The Morgan fingerprint density at radius 3 is 1.37 bits per heavy atom. The third-order valence-corrected chi connectivity index (χ3v) is 12.7. The average Bonchev–Trinajstić information content (AvgIpc) is 3.27. The van der Waals surface area contributed by atoms with Crippen LogP contribution in [0.4, 0.5) is 11.4 Å². The Morgan fingerprint density at radius 2 is 1.02 bits per heavy atom. The number of aliphatic carboxylic acids is 2. The molecule has 4 aromatic rings. The lowest BCUT2D eigenvalue weighted by molar-refractivity contribution is -0.387. The fraction of sp³-hybridized carbons (Fsp3) is 0.333. The smallest absolute Gasteiger partial charge is 0.308 e. The van der Waals surface area contributed by atoms with Crippen molar-refractivity contribution in [2.24, 2.45) is 11.8 Å². The molecule has 63 heavy (non-hydrogen) atoms. The van der Waals surface area contributed by atoms with E-state index in [1.807, 2.05) is 52.0 Å². The molecule has 2 aliphatic heterocycles. The quantitative estimate of drug-likeness (QED) is 0.0694. The second kappa shape index (κ2) is 20.1. The van der Waals surface area contributed by atoms with E-state index in [1.54, 1.807) is 36.4 Å². The highest BCUT2D eigenvalue weighted by atomic mass is 32.2. The fourth-order valence-electron chi connectivity index (χ4n) is 8.41. The van der Waals surface area contributed by atoms with Gasteiger partial charge in [0, 0.05) is 38.3 Å². The van der Waals surface area contributed by atoms with Crippen LogP contribution >= 0.6 is 11.8 Å². The minimum Gasteiger partial charge on any atom is -0.481 e. The first-order chi connectivity index (χ1) is 30.1. The molecular formula is C48H50N4O10S. The van der Waals surface area contributed by atoms with Gasteiger partial charge in [0.1, 0.15) is 0 Å². The summed E-state index contributed by atoms with van der Waals surface area (Å²) in [4.78, 5) is 79.1. The number of carbonyl (C=O) groups excluding carboxylic acids is 2. The average molecular weight is 875 g/mol. The lowest BCUT2D eigenvalue weighted by Gasteiger charge is -2.29. The number of carboxylic acid groups (broad SMARTS) is 2. The fourth-order valence-corrected chi connectivity index (χ4v) is 9.47. The van der Waals surface area contributed by atoms with Crippen LogP contribution in [0, 0.1) is 32.1 Å². The molecule has 0 spiro atoms.